The highest BCUT2D eigenvalue weighted by atomic mass is 35.5. The summed E-state index contributed by atoms with van der Waals surface area (Å²) >= 11 is 0. The Hall–Kier alpha value is -1.75. The first kappa shape index (κ1) is 22.3. The summed E-state index contributed by atoms with van der Waals surface area (Å²) in [6.45, 7) is 1.83. The van der Waals surface area contributed by atoms with E-state index in [1.165, 1.54) is 5.56 Å². The van der Waals surface area contributed by atoms with Crippen molar-refractivity contribution in [2.45, 2.75) is 31.8 Å². The first-order valence-electron chi connectivity index (χ1n) is 8.60. The normalized spacial score (nSPS) is 15.5. The molecule has 1 saturated heterocycles. The number of carbonyl (C=O) groups excluding carboxylic acids is 1. The van der Waals surface area contributed by atoms with Crippen molar-refractivity contribution in [3.8, 4) is 0 Å². The van der Waals surface area contributed by atoms with Gasteiger partial charge in [-0.05, 0) is 37.1 Å². The van der Waals surface area contributed by atoms with Crippen LogP contribution in [0.2, 0.25) is 0 Å². The molecule has 1 aliphatic rings. The molecule has 1 aliphatic heterocycles. The van der Waals surface area contributed by atoms with E-state index in [9.17, 15) is 4.79 Å². The van der Waals surface area contributed by atoms with Gasteiger partial charge >= 0.3 is 0 Å². The summed E-state index contributed by atoms with van der Waals surface area (Å²) in [7, 11) is 2.05. The van der Waals surface area contributed by atoms with Gasteiger partial charge in [-0.25, -0.2) is 0 Å². The lowest BCUT2D eigenvalue weighted by Crippen LogP contribution is -2.28. The van der Waals surface area contributed by atoms with Crippen molar-refractivity contribution in [1.29, 1.82) is 0 Å². The molecule has 6 heteroatoms. The molecule has 3 rings (SSSR count). The second kappa shape index (κ2) is 11.1. The summed E-state index contributed by atoms with van der Waals surface area (Å²) in [5.41, 5.74) is 3.16. The van der Waals surface area contributed by atoms with Crippen LogP contribution < -0.4 is 15.5 Å². The third-order valence-corrected chi connectivity index (χ3v) is 4.45. The number of hydrogen-bond donors (Lipinski definition) is 2. The van der Waals surface area contributed by atoms with E-state index < -0.39 is 0 Å². The number of hydrogen-bond acceptors (Lipinski definition) is 3. The molecule has 1 atom stereocenters. The quantitative estimate of drug-likeness (QED) is 0.768. The van der Waals surface area contributed by atoms with Crippen LogP contribution in [-0.4, -0.2) is 25.5 Å². The molecule has 1 fully saturated rings. The zero-order valence-corrected chi connectivity index (χ0v) is 16.6. The molecule has 0 saturated carbocycles. The second-order valence-corrected chi connectivity index (χ2v) is 6.40. The molecule has 0 bridgehead atoms. The highest BCUT2D eigenvalue weighted by Crippen LogP contribution is 2.26. The second-order valence-electron chi connectivity index (χ2n) is 6.40. The SMILES string of the molecule is CN(Cc1ccccc1)c1ccccc1NC(=O)CC1CCCN1.Cl.Cl. The summed E-state index contributed by atoms with van der Waals surface area (Å²) in [6, 6.07) is 18.6. The Morgan fingerprint density at radius 1 is 1.12 bits per heavy atom. The lowest BCUT2D eigenvalue weighted by atomic mass is 10.1. The van der Waals surface area contributed by atoms with Crippen molar-refractivity contribution >= 4 is 42.1 Å². The van der Waals surface area contributed by atoms with Gasteiger partial charge in [-0.15, -0.1) is 24.8 Å². The summed E-state index contributed by atoms with van der Waals surface area (Å²) < 4.78 is 0. The lowest BCUT2D eigenvalue weighted by molar-refractivity contribution is -0.116. The van der Waals surface area contributed by atoms with E-state index in [4.69, 9.17) is 0 Å². The Morgan fingerprint density at radius 3 is 2.50 bits per heavy atom. The van der Waals surface area contributed by atoms with Gasteiger partial charge in [-0.2, -0.15) is 0 Å². The number of amides is 1. The van der Waals surface area contributed by atoms with Crippen LogP contribution in [0.4, 0.5) is 11.4 Å². The largest absolute Gasteiger partial charge is 0.369 e. The van der Waals surface area contributed by atoms with Gasteiger partial charge in [0.25, 0.3) is 0 Å². The lowest BCUT2D eigenvalue weighted by Gasteiger charge is -2.23. The number of carbonyl (C=O) groups is 1. The Bertz CT molecular complexity index is 676. The molecular formula is C20H27Cl2N3O. The summed E-state index contributed by atoms with van der Waals surface area (Å²) in [5, 5.41) is 6.46. The van der Waals surface area contributed by atoms with Crippen LogP contribution in [-0.2, 0) is 11.3 Å². The Balaban J connectivity index is 0.00000169. The predicted molar refractivity (Wildman–Crippen MR) is 114 cm³/mol. The minimum absolute atomic E-state index is 0. The highest BCUT2D eigenvalue weighted by Gasteiger charge is 2.18. The molecule has 142 valence electrons. The van der Waals surface area contributed by atoms with E-state index in [-0.39, 0.29) is 30.7 Å². The van der Waals surface area contributed by atoms with E-state index in [1.807, 2.05) is 42.5 Å². The van der Waals surface area contributed by atoms with Crippen LogP contribution in [0.1, 0.15) is 24.8 Å². The van der Waals surface area contributed by atoms with E-state index in [0.717, 1.165) is 37.3 Å². The molecule has 0 radical (unpaired) electrons. The molecule has 2 N–H and O–H groups in total. The number of nitrogens with one attached hydrogen (secondary N) is 2. The van der Waals surface area contributed by atoms with Crippen LogP contribution in [0, 0.1) is 0 Å². The molecule has 1 amide bonds. The first-order chi connectivity index (χ1) is 11.7. The van der Waals surface area contributed by atoms with Gasteiger partial charge in [0.05, 0.1) is 11.4 Å². The highest BCUT2D eigenvalue weighted by molar-refractivity contribution is 5.94. The Kier molecular flexibility index (Phi) is 9.49. The maximum atomic E-state index is 12.3. The number of nitrogens with zero attached hydrogens (tertiary/aromatic N) is 1. The minimum atomic E-state index is 0. The number of rotatable bonds is 6. The smallest absolute Gasteiger partial charge is 0.225 e. The molecule has 0 spiro atoms. The maximum Gasteiger partial charge on any atom is 0.225 e. The molecule has 2 aromatic carbocycles. The Morgan fingerprint density at radius 2 is 1.81 bits per heavy atom. The molecule has 26 heavy (non-hydrogen) atoms. The van der Waals surface area contributed by atoms with E-state index >= 15 is 0 Å². The van der Waals surface area contributed by atoms with E-state index in [0.29, 0.717) is 12.5 Å². The van der Waals surface area contributed by atoms with Gasteiger partial charge < -0.3 is 15.5 Å². The average Bonchev–Trinajstić information content (AvgIpc) is 3.09. The van der Waals surface area contributed by atoms with Crippen molar-refractivity contribution in [3.63, 3.8) is 0 Å². The fourth-order valence-electron chi connectivity index (χ4n) is 3.21. The molecule has 1 unspecified atom stereocenters. The van der Waals surface area contributed by atoms with Gasteiger partial charge in [-0.3, -0.25) is 4.79 Å². The zero-order chi connectivity index (χ0) is 16.8. The van der Waals surface area contributed by atoms with Crippen LogP contribution in [0.3, 0.4) is 0 Å². The topological polar surface area (TPSA) is 44.4 Å². The fourth-order valence-corrected chi connectivity index (χ4v) is 3.21. The molecule has 2 aromatic rings. The Labute approximate surface area is 168 Å². The zero-order valence-electron chi connectivity index (χ0n) is 15.0. The van der Waals surface area contributed by atoms with E-state index in [2.05, 4.69) is 34.7 Å². The van der Waals surface area contributed by atoms with Gasteiger partial charge in [0.2, 0.25) is 5.91 Å². The molecule has 1 heterocycles. The number of para-hydroxylation sites is 2. The summed E-state index contributed by atoms with van der Waals surface area (Å²) in [6.07, 6.45) is 2.79. The van der Waals surface area contributed by atoms with Crippen molar-refractivity contribution in [2.24, 2.45) is 0 Å². The molecule has 0 aliphatic carbocycles. The third-order valence-electron chi connectivity index (χ3n) is 4.45. The van der Waals surface area contributed by atoms with Crippen molar-refractivity contribution in [2.75, 3.05) is 23.8 Å². The van der Waals surface area contributed by atoms with Crippen molar-refractivity contribution in [1.82, 2.24) is 5.32 Å². The third kappa shape index (κ3) is 6.20. The van der Waals surface area contributed by atoms with Crippen molar-refractivity contribution in [3.05, 3.63) is 60.2 Å². The van der Waals surface area contributed by atoms with Crippen LogP contribution in [0.5, 0.6) is 0 Å². The fraction of sp³-hybridized carbons (Fsp3) is 0.350. The number of anilines is 2. The van der Waals surface area contributed by atoms with Gasteiger partial charge in [0.1, 0.15) is 0 Å². The maximum absolute atomic E-state index is 12.3. The van der Waals surface area contributed by atoms with Crippen LogP contribution >= 0.6 is 24.8 Å². The molecule has 0 aromatic heterocycles. The van der Waals surface area contributed by atoms with Gasteiger partial charge in [0.15, 0.2) is 0 Å². The average molecular weight is 396 g/mol. The van der Waals surface area contributed by atoms with Gasteiger partial charge in [-0.1, -0.05) is 42.5 Å². The predicted octanol–water partition coefficient (Wildman–Crippen LogP) is 4.25. The monoisotopic (exact) mass is 395 g/mol. The minimum Gasteiger partial charge on any atom is -0.369 e. The van der Waals surface area contributed by atoms with Crippen LogP contribution in [0.25, 0.3) is 0 Å². The molecule has 4 nitrogen and oxygen atoms in total. The first-order valence-corrected chi connectivity index (χ1v) is 8.60. The summed E-state index contributed by atoms with van der Waals surface area (Å²) in [5.74, 6) is 0.0787. The number of benzene rings is 2. The summed E-state index contributed by atoms with van der Waals surface area (Å²) in [4.78, 5) is 14.5. The van der Waals surface area contributed by atoms with Gasteiger partial charge in [0, 0.05) is 26.1 Å². The van der Waals surface area contributed by atoms with E-state index in [1.54, 1.807) is 0 Å². The number of halogens is 2. The standard InChI is InChI=1S/C20H25N3O.2ClH/c1-23(15-16-8-3-2-4-9-16)19-12-6-5-11-18(19)22-20(24)14-17-10-7-13-21-17;;/h2-6,8-9,11-12,17,21H,7,10,13-15H2,1H3,(H,22,24);2*1H. The molecular weight excluding hydrogens is 369 g/mol. The van der Waals surface area contributed by atoms with Crippen molar-refractivity contribution < 1.29 is 4.79 Å². The van der Waals surface area contributed by atoms with Crippen LogP contribution in [0.15, 0.2) is 54.6 Å².